The summed E-state index contributed by atoms with van der Waals surface area (Å²) in [4.78, 5) is 103. The van der Waals surface area contributed by atoms with E-state index in [0.717, 1.165) is 12.1 Å². The minimum absolute atomic E-state index is 0.154. The lowest BCUT2D eigenvalue weighted by molar-refractivity contribution is -0.388. The van der Waals surface area contributed by atoms with Crippen molar-refractivity contribution in [2.24, 2.45) is 0 Å². The second kappa shape index (κ2) is 11.5. The molecular formula is C22H14N4O12S2. The summed E-state index contributed by atoms with van der Waals surface area (Å²) in [6.45, 7) is 0. The number of amides is 4. The first kappa shape index (κ1) is 28.2. The van der Waals surface area contributed by atoms with Crippen LogP contribution in [0.4, 0.5) is 11.4 Å². The van der Waals surface area contributed by atoms with Crippen LogP contribution in [0.15, 0.2) is 46.2 Å². The predicted octanol–water partition coefficient (Wildman–Crippen LogP) is 2.74. The van der Waals surface area contributed by atoms with E-state index in [1.165, 1.54) is 24.3 Å². The molecule has 0 unspecified atom stereocenters. The number of carbonyl (C=O) groups is 6. The third kappa shape index (κ3) is 5.61. The molecule has 2 saturated heterocycles. The van der Waals surface area contributed by atoms with Crippen LogP contribution >= 0.6 is 21.6 Å². The first-order chi connectivity index (χ1) is 19.0. The van der Waals surface area contributed by atoms with Gasteiger partial charge in [-0.3, -0.25) is 39.4 Å². The SMILES string of the molecule is O=C(ON1C(=O)CCC1=O)c1cccc(SSc2cccc(C(=O)ON3C(=O)CCC3=O)c2[N+](=O)[O-])c1[N+](=O)[O-]. The van der Waals surface area contributed by atoms with Gasteiger partial charge in [0.15, 0.2) is 0 Å². The third-order valence-electron chi connectivity index (χ3n) is 5.38. The number of hydrogen-bond donors (Lipinski definition) is 0. The molecule has 0 bridgehead atoms. The third-order valence-corrected chi connectivity index (χ3v) is 7.81. The van der Waals surface area contributed by atoms with Crippen LogP contribution < -0.4 is 0 Å². The van der Waals surface area contributed by atoms with Gasteiger partial charge in [-0.25, -0.2) is 9.59 Å². The molecule has 0 aromatic heterocycles. The Morgan fingerprint density at radius 1 is 0.650 bits per heavy atom. The van der Waals surface area contributed by atoms with Crippen molar-refractivity contribution >= 4 is 68.5 Å². The lowest BCUT2D eigenvalue weighted by atomic mass is 10.2. The zero-order valence-electron chi connectivity index (χ0n) is 19.8. The molecule has 4 amide bonds. The summed E-state index contributed by atoms with van der Waals surface area (Å²) in [6, 6.07) is 7.08. The molecule has 206 valence electrons. The van der Waals surface area contributed by atoms with Gasteiger partial charge in [0, 0.05) is 25.7 Å². The Kier molecular flexibility index (Phi) is 8.10. The van der Waals surface area contributed by atoms with Crippen LogP contribution in [-0.4, -0.2) is 55.5 Å². The van der Waals surface area contributed by atoms with Crippen LogP contribution in [0.3, 0.4) is 0 Å². The second-order valence-electron chi connectivity index (χ2n) is 7.91. The molecule has 0 aliphatic carbocycles. The van der Waals surface area contributed by atoms with E-state index in [0.29, 0.717) is 21.6 Å². The summed E-state index contributed by atoms with van der Waals surface area (Å²) in [7, 11) is 1.27. The van der Waals surface area contributed by atoms with E-state index in [1.807, 2.05) is 0 Å². The number of hydroxylamine groups is 4. The van der Waals surface area contributed by atoms with Gasteiger partial charge in [-0.05, 0) is 45.9 Å². The van der Waals surface area contributed by atoms with Gasteiger partial charge in [-0.2, -0.15) is 0 Å². The van der Waals surface area contributed by atoms with Crippen LogP contribution in [0.1, 0.15) is 46.4 Å². The van der Waals surface area contributed by atoms with Gasteiger partial charge in [-0.15, -0.1) is 10.1 Å². The fourth-order valence-corrected chi connectivity index (χ4v) is 5.88. The number of para-hydroxylation sites is 2. The zero-order chi connectivity index (χ0) is 29.1. The monoisotopic (exact) mass is 590 g/mol. The van der Waals surface area contributed by atoms with Gasteiger partial charge in [0.05, 0.1) is 19.6 Å². The smallest absolute Gasteiger partial charge is 0.325 e. The molecule has 0 N–H and O–H groups in total. The molecule has 2 heterocycles. The minimum atomic E-state index is -1.34. The standard InChI is InChI=1S/C22H14N4O12S2/c27-15-7-8-16(28)23(15)37-21(31)11-3-1-5-13(19(11)25(33)34)39-40-14-6-2-4-12(20(14)26(35)36)22(32)38-24-17(29)9-10-18(24)30/h1-6H,7-10H2. The molecule has 2 aliphatic heterocycles. The van der Waals surface area contributed by atoms with Crippen molar-refractivity contribution in [3.05, 3.63) is 67.8 Å². The number of nitro benzene ring substituents is 2. The van der Waals surface area contributed by atoms with Crippen LogP contribution in [0, 0.1) is 20.2 Å². The van der Waals surface area contributed by atoms with Gasteiger partial charge in [0.25, 0.3) is 35.0 Å². The van der Waals surface area contributed by atoms with Gasteiger partial charge < -0.3 is 9.68 Å². The molecule has 2 aromatic rings. The van der Waals surface area contributed by atoms with E-state index in [9.17, 15) is 49.0 Å². The molecule has 2 aliphatic rings. The molecule has 2 aromatic carbocycles. The van der Waals surface area contributed by atoms with Crippen molar-refractivity contribution in [1.82, 2.24) is 10.1 Å². The Labute approximate surface area is 230 Å². The maximum absolute atomic E-state index is 12.6. The predicted molar refractivity (Wildman–Crippen MR) is 131 cm³/mol. The van der Waals surface area contributed by atoms with Crippen LogP contribution in [0.5, 0.6) is 0 Å². The average Bonchev–Trinajstić information content (AvgIpc) is 3.41. The Bertz CT molecular complexity index is 1370. The number of nitro groups is 2. The Balaban J connectivity index is 1.60. The number of imide groups is 2. The zero-order valence-corrected chi connectivity index (χ0v) is 21.4. The second-order valence-corrected chi connectivity index (χ2v) is 10.1. The quantitative estimate of drug-likeness (QED) is 0.178. The van der Waals surface area contributed by atoms with Crippen molar-refractivity contribution in [2.75, 3.05) is 0 Å². The molecule has 0 saturated carbocycles. The number of benzene rings is 2. The molecule has 2 fully saturated rings. The van der Waals surface area contributed by atoms with E-state index in [2.05, 4.69) is 0 Å². The van der Waals surface area contributed by atoms with Gasteiger partial charge in [0.1, 0.15) is 11.1 Å². The summed E-state index contributed by atoms with van der Waals surface area (Å²) in [5.41, 5.74) is -2.69. The molecule has 40 heavy (non-hydrogen) atoms. The van der Waals surface area contributed by atoms with Crippen molar-refractivity contribution < 1.29 is 48.3 Å². The highest BCUT2D eigenvalue weighted by Gasteiger charge is 2.37. The fourth-order valence-electron chi connectivity index (χ4n) is 3.55. The molecule has 18 heteroatoms. The Hall–Kier alpha value is -4.84. The van der Waals surface area contributed by atoms with Crippen LogP contribution in [0.2, 0.25) is 0 Å². The Morgan fingerprint density at radius 2 is 0.975 bits per heavy atom. The molecule has 0 atom stereocenters. The Morgan fingerprint density at radius 3 is 1.27 bits per heavy atom. The largest absolute Gasteiger partial charge is 0.370 e. The van der Waals surface area contributed by atoms with Crippen LogP contribution in [-0.2, 0) is 28.9 Å². The van der Waals surface area contributed by atoms with Crippen LogP contribution in [0.25, 0.3) is 0 Å². The van der Waals surface area contributed by atoms with Crippen molar-refractivity contribution in [1.29, 1.82) is 0 Å². The first-order valence-electron chi connectivity index (χ1n) is 11.0. The molecule has 16 nitrogen and oxygen atoms in total. The number of nitrogens with zero attached hydrogens (tertiary/aromatic N) is 4. The first-order valence-corrected chi connectivity index (χ1v) is 13.2. The van der Waals surface area contributed by atoms with Crippen molar-refractivity contribution in [3.63, 3.8) is 0 Å². The molecular weight excluding hydrogens is 576 g/mol. The normalized spacial score (nSPS) is 15.0. The topological polar surface area (TPSA) is 214 Å². The fraction of sp³-hybridized carbons (Fsp3) is 0.182. The van der Waals surface area contributed by atoms with Gasteiger partial charge in [-0.1, -0.05) is 12.1 Å². The van der Waals surface area contributed by atoms with E-state index in [-0.39, 0.29) is 45.6 Å². The summed E-state index contributed by atoms with van der Waals surface area (Å²) in [5, 5.41) is 24.2. The summed E-state index contributed by atoms with van der Waals surface area (Å²) >= 11 is 0. The summed E-state index contributed by atoms with van der Waals surface area (Å²) in [6.07, 6.45) is -0.735. The van der Waals surface area contributed by atoms with E-state index in [1.54, 1.807) is 0 Å². The lowest BCUT2D eigenvalue weighted by Gasteiger charge is -2.14. The highest BCUT2D eigenvalue weighted by Crippen LogP contribution is 2.46. The van der Waals surface area contributed by atoms with Crippen molar-refractivity contribution in [3.8, 4) is 0 Å². The molecule has 0 radical (unpaired) electrons. The molecule has 4 rings (SSSR count). The molecule has 0 spiro atoms. The number of carbonyl (C=O) groups excluding carboxylic acids is 6. The van der Waals surface area contributed by atoms with E-state index >= 15 is 0 Å². The summed E-state index contributed by atoms with van der Waals surface area (Å²) in [5.74, 6) is -5.83. The average molecular weight is 591 g/mol. The van der Waals surface area contributed by atoms with Gasteiger partial charge in [0.2, 0.25) is 0 Å². The highest BCUT2D eigenvalue weighted by molar-refractivity contribution is 8.76. The van der Waals surface area contributed by atoms with Gasteiger partial charge >= 0.3 is 11.9 Å². The van der Waals surface area contributed by atoms with E-state index < -0.39 is 67.9 Å². The summed E-state index contributed by atoms with van der Waals surface area (Å²) < 4.78 is 0. The van der Waals surface area contributed by atoms with E-state index in [4.69, 9.17) is 9.68 Å². The maximum atomic E-state index is 12.6. The lowest BCUT2D eigenvalue weighted by Crippen LogP contribution is -2.32. The number of rotatable bonds is 9. The highest BCUT2D eigenvalue weighted by atomic mass is 33.1. The number of hydrogen-bond acceptors (Lipinski definition) is 14. The van der Waals surface area contributed by atoms with Crippen molar-refractivity contribution in [2.45, 2.75) is 35.5 Å². The minimum Gasteiger partial charge on any atom is -0.325 e. The maximum Gasteiger partial charge on any atom is 0.370 e.